The Bertz CT molecular complexity index is 1130. The summed E-state index contributed by atoms with van der Waals surface area (Å²) < 4.78 is 47.3. The van der Waals surface area contributed by atoms with Gasteiger partial charge in [0, 0.05) is 19.6 Å². The summed E-state index contributed by atoms with van der Waals surface area (Å²) in [5, 5.41) is 10.5. The lowest BCUT2D eigenvalue weighted by Gasteiger charge is -2.27. The van der Waals surface area contributed by atoms with Gasteiger partial charge in [-0.15, -0.1) is 0 Å². The minimum absolute atomic E-state index is 0.0127. The molecule has 0 aliphatic carbocycles. The summed E-state index contributed by atoms with van der Waals surface area (Å²) in [5.74, 6) is -0.923. The monoisotopic (exact) mass is 447 g/mol. The van der Waals surface area contributed by atoms with Crippen LogP contribution in [0.3, 0.4) is 0 Å². The van der Waals surface area contributed by atoms with Gasteiger partial charge in [0.2, 0.25) is 11.2 Å². The van der Waals surface area contributed by atoms with Gasteiger partial charge in [-0.05, 0) is 29.5 Å². The predicted octanol–water partition coefficient (Wildman–Crippen LogP) is 6.30. The fraction of sp³-hybridized carbons (Fsp3) is 0.400. The molecule has 0 amide bonds. The van der Waals surface area contributed by atoms with Crippen LogP contribution in [0.2, 0.25) is 0 Å². The summed E-state index contributed by atoms with van der Waals surface area (Å²) in [7, 11) is 0. The minimum Gasteiger partial charge on any atom is -0.507 e. The molecule has 1 N–H and O–H groups in total. The average molecular weight is 447 g/mol. The molecule has 0 aliphatic heterocycles. The van der Waals surface area contributed by atoms with Crippen LogP contribution in [-0.4, -0.2) is 23.1 Å². The predicted molar refractivity (Wildman–Crippen MR) is 120 cm³/mol. The van der Waals surface area contributed by atoms with E-state index in [0.29, 0.717) is 24.9 Å². The van der Waals surface area contributed by atoms with E-state index in [4.69, 9.17) is 4.42 Å². The van der Waals surface area contributed by atoms with Gasteiger partial charge in [-0.2, -0.15) is 13.2 Å². The quantitative estimate of drug-likeness (QED) is 0.462. The van der Waals surface area contributed by atoms with Crippen molar-refractivity contribution in [2.75, 3.05) is 13.1 Å². The Morgan fingerprint density at radius 1 is 0.969 bits per heavy atom. The van der Waals surface area contributed by atoms with Crippen LogP contribution in [0.5, 0.6) is 5.75 Å². The van der Waals surface area contributed by atoms with Gasteiger partial charge in [0.25, 0.3) is 0 Å². The van der Waals surface area contributed by atoms with E-state index in [-0.39, 0.29) is 34.4 Å². The highest BCUT2D eigenvalue weighted by Gasteiger charge is 2.39. The zero-order chi connectivity index (χ0) is 23.6. The number of halogens is 3. The third kappa shape index (κ3) is 5.15. The van der Waals surface area contributed by atoms with Crippen molar-refractivity contribution in [1.82, 2.24) is 4.90 Å². The molecule has 4 nitrogen and oxygen atoms in total. The molecule has 172 valence electrons. The molecular formula is C25H28F3NO3. The Morgan fingerprint density at radius 3 is 2.09 bits per heavy atom. The molecule has 3 rings (SSSR count). The van der Waals surface area contributed by atoms with E-state index in [2.05, 4.69) is 4.90 Å². The number of benzene rings is 2. The highest BCUT2D eigenvalue weighted by Crippen LogP contribution is 2.39. The van der Waals surface area contributed by atoms with Crippen LogP contribution in [0.4, 0.5) is 13.2 Å². The number of phenolic OH excluding ortho intramolecular Hbond substituents is 1. The summed E-state index contributed by atoms with van der Waals surface area (Å²) in [6.45, 7) is 9.73. The molecule has 0 unspecified atom stereocenters. The van der Waals surface area contributed by atoms with Crippen molar-refractivity contribution in [3.05, 3.63) is 64.0 Å². The van der Waals surface area contributed by atoms with Crippen molar-refractivity contribution in [2.45, 2.75) is 40.4 Å². The van der Waals surface area contributed by atoms with Gasteiger partial charge < -0.3 is 9.52 Å². The fourth-order valence-electron chi connectivity index (χ4n) is 3.98. The van der Waals surface area contributed by atoms with Crippen LogP contribution in [0.25, 0.3) is 22.1 Å². The number of hydrogen-bond donors (Lipinski definition) is 1. The zero-order valence-corrected chi connectivity index (χ0v) is 18.7. The van der Waals surface area contributed by atoms with Crippen molar-refractivity contribution >= 4 is 11.0 Å². The first-order valence-electron chi connectivity index (χ1n) is 10.7. The third-order valence-electron chi connectivity index (χ3n) is 5.09. The molecule has 1 heterocycles. The second-order valence-corrected chi connectivity index (χ2v) is 8.92. The summed E-state index contributed by atoms with van der Waals surface area (Å²) in [5.41, 5.74) is -1.20. The summed E-state index contributed by atoms with van der Waals surface area (Å²) in [6, 6.07) is 10.4. The van der Waals surface area contributed by atoms with Crippen molar-refractivity contribution in [3.8, 4) is 16.9 Å². The zero-order valence-electron chi connectivity index (χ0n) is 18.7. The number of aromatic hydroxyl groups is 1. The van der Waals surface area contributed by atoms with E-state index in [1.807, 2.05) is 27.7 Å². The molecule has 0 aliphatic rings. The molecular weight excluding hydrogens is 419 g/mol. The molecule has 32 heavy (non-hydrogen) atoms. The number of hydrogen-bond acceptors (Lipinski definition) is 4. The van der Waals surface area contributed by atoms with Crippen LogP contribution in [0.1, 0.15) is 39.0 Å². The van der Waals surface area contributed by atoms with Gasteiger partial charge in [0.15, 0.2) is 0 Å². The van der Waals surface area contributed by atoms with E-state index in [1.165, 1.54) is 24.3 Å². The van der Waals surface area contributed by atoms with Crippen molar-refractivity contribution in [3.63, 3.8) is 0 Å². The molecule has 1 aromatic heterocycles. The number of fused-ring (bicyclic) bond motifs is 1. The summed E-state index contributed by atoms with van der Waals surface area (Å²) in [6.07, 6.45) is -4.88. The van der Waals surface area contributed by atoms with Crippen molar-refractivity contribution < 1.29 is 22.7 Å². The first-order valence-corrected chi connectivity index (χ1v) is 10.7. The third-order valence-corrected chi connectivity index (χ3v) is 5.09. The lowest BCUT2D eigenvalue weighted by Crippen LogP contribution is -2.31. The maximum absolute atomic E-state index is 14.0. The first-order chi connectivity index (χ1) is 15.0. The van der Waals surface area contributed by atoms with E-state index in [9.17, 15) is 23.1 Å². The molecule has 3 aromatic rings. The minimum atomic E-state index is -4.88. The molecule has 0 spiro atoms. The van der Waals surface area contributed by atoms with E-state index in [1.54, 1.807) is 18.2 Å². The lowest BCUT2D eigenvalue weighted by atomic mass is 10.00. The number of phenols is 1. The van der Waals surface area contributed by atoms with Gasteiger partial charge in [-0.25, -0.2) is 0 Å². The molecule has 0 bridgehead atoms. The smallest absolute Gasteiger partial charge is 0.450 e. The Morgan fingerprint density at radius 2 is 1.56 bits per heavy atom. The fourth-order valence-corrected chi connectivity index (χ4v) is 3.98. The highest BCUT2D eigenvalue weighted by molar-refractivity contribution is 5.86. The maximum Gasteiger partial charge on any atom is 0.450 e. The van der Waals surface area contributed by atoms with Crippen LogP contribution >= 0.6 is 0 Å². The molecule has 0 saturated heterocycles. The van der Waals surface area contributed by atoms with Gasteiger partial charge in [0.05, 0.1) is 16.5 Å². The van der Waals surface area contributed by atoms with Crippen LogP contribution in [-0.2, 0) is 12.7 Å². The van der Waals surface area contributed by atoms with Crippen LogP contribution in [0, 0.1) is 11.8 Å². The van der Waals surface area contributed by atoms with Crippen molar-refractivity contribution in [2.24, 2.45) is 11.8 Å². The van der Waals surface area contributed by atoms with E-state index in [0.717, 1.165) is 0 Å². The molecule has 0 saturated carbocycles. The number of alkyl halides is 3. The van der Waals surface area contributed by atoms with Gasteiger partial charge in [-0.3, -0.25) is 9.69 Å². The Balaban J connectivity index is 2.27. The lowest BCUT2D eigenvalue weighted by molar-refractivity contribution is -0.152. The Kier molecular flexibility index (Phi) is 6.98. The molecule has 0 atom stereocenters. The van der Waals surface area contributed by atoms with Crippen LogP contribution in [0.15, 0.2) is 51.7 Å². The standard InChI is InChI=1S/C25H28F3NO3/c1-15(2)12-29(13-16(3)4)14-19-20(30)11-10-18-22(31)21(17-8-6-5-7-9-17)24(25(26,27)28)32-23(18)19/h5-11,15-16,30H,12-14H2,1-4H3. The molecule has 0 fully saturated rings. The second-order valence-electron chi connectivity index (χ2n) is 8.92. The summed E-state index contributed by atoms with van der Waals surface area (Å²) >= 11 is 0. The maximum atomic E-state index is 14.0. The number of nitrogens with zero attached hydrogens (tertiary/aromatic N) is 1. The van der Waals surface area contributed by atoms with E-state index < -0.39 is 22.9 Å². The molecule has 2 aromatic carbocycles. The van der Waals surface area contributed by atoms with Gasteiger partial charge in [0.1, 0.15) is 11.3 Å². The second kappa shape index (κ2) is 9.36. The van der Waals surface area contributed by atoms with Gasteiger partial charge >= 0.3 is 6.18 Å². The normalized spacial score (nSPS) is 12.4. The first kappa shape index (κ1) is 23.9. The van der Waals surface area contributed by atoms with Crippen LogP contribution < -0.4 is 5.43 Å². The topological polar surface area (TPSA) is 53.7 Å². The Hall–Kier alpha value is -2.80. The van der Waals surface area contributed by atoms with E-state index >= 15 is 0 Å². The Labute approximate surface area is 185 Å². The average Bonchev–Trinajstić information content (AvgIpc) is 2.69. The highest BCUT2D eigenvalue weighted by atomic mass is 19.4. The largest absolute Gasteiger partial charge is 0.507 e. The van der Waals surface area contributed by atoms with Crippen molar-refractivity contribution in [1.29, 1.82) is 0 Å². The summed E-state index contributed by atoms with van der Waals surface area (Å²) in [4.78, 5) is 15.3. The molecule has 7 heteroatoms. The SMILES string of the molecule is CC(C)CN(Cc1c(O)ccc2c(=O)c(-c3ccccc3)c(C(F)(F)F)oc12)CC(C)C. The molecule has 0 radical (unpaired) electrons. The van der Waals surface area contributed by atoms with Gasteiger partial charge in [-0.1, -0.05) is 58.0 Å². The number of rotatable bonds is 7.